The largest absolute Gasteiger partial charge is 0.313 e. The molecular weight excluding hydrogens is 168 g/mol. The van der Waals surface area contributed by atoms with Gasteiger partial charge in [-0.15, -0.1) is 11.3 Å². The van der Waals surface area contributed by atoms with Crippen LogP contribution in [0.2, 0.25) is 0 Å². The van der Waals surface area contributed by atoms with E-state index in [9.17, 15) is 0 Å². The number of hydrogen-bond acceptors (Lipinski definition) is 3. The van der Waals surface area contributed by atoms with Crippen LogP contribution in [0, 0.1) is 6.92 Å². The van der Waals surface area contributed by atoms with Crippen molar-refractivity contribution in [1.82, 2.24) is 10.3 Å². The van der Waals surface area contributed by atoms with Gasteiger partial charge in [0.15, 0.2) is 0 Å². The monoisotopic (exact) mass is 180 g/mol. The summed E-state index contributed by atoms with van der Waals surface area (Å²) in [5.41, 5.74) is 2.59. The van der Waals surface area contributed by atoms with Gasteiger partial charge in [0.2, 0.25) is 0 Å². The number of aryl methyl sites for hydroxylation is 1. The minimum atomic E-state index is 1.04. The lowest BCUT2D eigenvalue weighted by Crippen LogP contribution is -2.04. The Morgan fingerprint density at radius 1 is 1.67 bits per heavy atom. The molecule has 2 rings (SSSR count). The van der Waals surface area contributed by atoms with E-state index in [1.54, 1.807) is 11.3 Å². The van der Waals surface area contributed by atoms with Crippen LogP contribution in [0.25, 0.3) is 6.08 Å². The van der Waals surface area contributed by atoms with Gasteiger partial charge in [0.1, 0.15) is 0 Å². The quantitative estimate of drug-likeness (QED) is 0.713. The molecule has 1 aromatic rings. The van der Waals surface area contributed by atoms with Gasteiger partial charge in [-0.1, -0.05) is 5.57 Å². The minimum Gasteiger partial charge on any atom is -0.313 e. The van der Waals surface area contributed by atoms with Crippen molar-refractivity contribution in [3.63, 3.8) is 0 Å². The van der Waals surface area contributed by atoms with Crippen molar-refractivity contribution < 1.29 is 0 Å². The molecule has 0 amide bonds. The molecule has 0 spiro atoms. The number of thiazole rings is 1. The molecule has 1 fully saturated rings. The minimum absolute atomic E-state index is 1.04. The number of rotatable bonds is 1. The fourth-order valence-electron chi connectivity index (χ4n) is 1.37. The van der Waals surface area contributed by atoms with Crippen LogP contribution in [0.5, 0.6) is 0 Å². The van der Waals surface area contributed by atoms with E-state index in [0.717, 1.165) is 23.8 Å². The van der Waals surface area contributed by atoms with Crippen LogP contribution in [0.3, 0.4) is 0 Å². The van der Waals surface area contributed by atoms with Gasteiger partial charge in [0.25, 0.3) is 0 Å². The molecule has 0 bridgehead atoms. The van der Waals surface area contributed by atoms with E-state index in [0.29, 0.717) is 0 Å². The summed E-state index contributed by atoms with van der Waals surface area (Å²) in [6, 6.07) is 0. The van der Waals surface area contributed by atoms with E-state index in [-0.39, 0.29) is 0 Å². The molecule has 1 aliphatic rings. The van der Waals surface area contributed by atoms with Crippen LogP contribution in [-0.2, 0) is 0 Å². The van der Waals surface area contributed by atoms with Crippen LogP contribution < -0.4 is 5.32 Å². The van der Waals surface area contributed by atoms with Crippen LogP contribution in [-0.4, -0.2) is 18.1 Å². The summed E-state index contributed by atoms with van der Waals surface area (Å²) in [6.45, 7) is 4.20. The first-order chi connectivity index (χ1) is 5.84. The second-order valence-electron chi connectivity index (χ2n) is 3.02. The molecule has 1 aromatic heterocycles. The van der Waals surface area contributed by atoms with Crippen LogP contribution >= 0.6 is 11.3 Å². The molecule has 0 saturated carbocycles. The van der Waals surface area contributed by atoms with Gasteiger partial charge >= 0.3 is 0 Å². The maximum Gasteiger partial charge on any atom is 0.0901 e. The lowest BCUT2D eigenvalue weighted by atomic mass is 10.2. The van der Waals surface area contributed by atoms with Crippen molar-refractivity contribution in [2.24, 2.45) is 0 Å². The van der Waals surface area contributed by atoms with Crippen molar-refractivity contribution in [3.8, 4) is 0 Å². The lowest BCUT2D eigenvalue weighted by molar-refractivity contribution is 0.862. The molecule has 2 heterocycles. The lowest BCUT2D eigenvalue weighted by Gasteiger charge is -1.90. The maximum absolute atomic E-state index is 4.39. The van der Waals surface area contributed by atoms with E-state index in [4.69, 9.17) is 0 Å². The highest BCUT2D eigenvalue weighted by Crippen LogP contribution is 2.14. The van der Waals surface area contributed by atoms with Gasteiger partial charge in [0, 0.05) is 11.9 Å². The highest BCUT2D eigenvalue weighted by Gasteiger charge is 2.05. The van der Waals surface area contributed by atoms with Gasteiger partial charge in [0.05, 0.1) is 10.7 Å². The van der Waals surface area contributed by atoms with Crippen molar-refractivity contribution in [2.45, 2.75) is 13.3 Å². The topological polar surface area (TPSA) is 24.9 Å². The maximum atomic E-state index is 4.39. The molecule has 2 nitrogen and oxygen atoms in total. The third-order valence-corrected chi connectivity index (χ3v) is 2.76. The molecule has 3 heteroatoms. The standard InChI is InChI=1S/C9H12N2S/c1-7-11-9(6-12-7)4-8-2-3-10-5-8/h4,6,10H,2-3,5H2,1H3. The van der Waals surface area contributed by atoms with Gasteiger partial charge in [-0.2, -0.15) is 0 Å². The van der Waals surface area contributed by atoms with E-state index >= 15 is 0 Å². The zero-order valence-electron chi connectivity index (χ0n) is 7.13. The average molecular weight is 180 g/mol. The second kappa shape index (κ2) is 3.37. The van der Waals surface area contributed by atoms with Gasteiger partial charge in [-0.25, -0.2) is 4.98 Å². The Hall–Kier alpha value is -0.670. The highest BCUT2D eigenvalue weighted by atomic mass is 32.1. The highest BCUT2D eigenvalue weighted by molar-refractivity contribution is 7.09. The summed E-state index contributed by atoms with van der Waals surface area (Å²) in [7, 11) is 0. The van der Waals surface area contributed by atoms with Crippen LogP contribution in [0.15, 0.2) is 11.0 Å². The summed E-state index contributed by atoms with van der Waals surface area (Å²) in [6.07, 6.45) is 3.38. The van der Waals surface area contributed by atoms with Gasteiger partial charge < -0.3 is 5.32 Å². The molecular formula is C9H12N2S. The second-order valence-corrected chi connectivity index (χ2v) is 4.08. The Balaban J connectivity index is 2.15. The zero-order chi connectivity index (χ0) is 8.39. The fourth-order valence-corrected chi connectivity index (χ4v) is 1.94. The van der Waals surface area contributed by atoms with E-state index in [2.05, 4.69) is 21.8 Å². The first-order valence-electron chi connectivity index (χ1n) is 4.17. The van der Waals surface area contributed by atoms with Crippen LogP contribution in [0.4, 0.5) is 0 Å². The predicted molar refractivity (Wildman–Crippen MR) is 52.3 cm³/mol. The number of nitrogens with zero attached hydrogens (tertiary/aromatic N) is 1. The Morgan fingerprint density at radius 3 is 3.17 bits per heavy atom. The van der Waals surface area contributed by atoms with E-state index < -0.39 is 0 Å². The first-order valence-corrected chi connectivity index (χ1v) is 5.05. The summed E-state index contributed by atoms with van der Waals surface area (Å²) in [4.78, 5) is 4.39. The molecule has 1 saturated heterocycles. The number of aromatic nitrogens is 1. The third-order valence-electron chi connectivity index (χ3n) is 1.96. The Bertz CT molecular complexity index is 293. The number of hydrogen-bond donors (Lipinski definition) is 1. The molecule has 64 valence electrons. The van der Waals surface area contributed by atoms with E-state index in [1.165, 1.54) is 12.0 Å². The molecule has 0 atom stereocenters. The molecule has 0 unspecified atom stereocenters. The zero-order valence-corrected chi connectivity index (χ0v) is 7.95. The summed E-state index contributed by atoms with van der Waals surface area (Å²) in [5, 5.41) is 6.56. The molecule has 0 aliphatic carbocycles. The average Bonchev–Trinajstić information content (AvgIpc) is 2.63. The van der Waals surface area contributed by atoms with Crippen molar-refractivity contribution in [2.75, 3.05) is 13.1 Å². The van der Waals surface area contributed by atoms with Crippen LogP contribution in [0.1, 0.15) is 17.1 Å². The van der Waals surface area contributed by atoms with Crippen molar-refractivity contribution >= 4 is 17.4 Å². The SMILES string of the molecule is Cc1nc(C=C2CCNC2)cs1. The van der Waals surface area contributed by atoms with Gasteiger partial charge in [-0.3, -0.25) is 0 Å². The van der Waals surface area contributed by atoms with Crippen molar-refractivity contribution in [3.05, 3.63) is 21.7 Å². The normalized spacial score (nSPS) is 20.6. The third kappa shape index (κ3) is 1.73. The Morgan fingerprint density at radius 2 is 2.58 bits per heavy atom. The fraction of sp³-hybridized carbons (Fsp3) is 0.444. The van der Waals surface area contributed by atoms with Crippen molar-refractivity contribution in [1.29, 1.82) is 0 Å². The van der Waals surface area contributed by atoms with E-state index in [1.807, 2.05) is 6.92 Å². The molecule has 0 radical (unpaired) electrons. The Labute approximate surface area is 76.3 Å². The molecule has 1 N–H and O–H groups in total. The molecule has 1 aliphatic heterocycles. The smallest absolute Gasteiger partial charge is 0.0901 e. The summed E-state index contributed by atoms with van der Waals surface area (Å²) >= 11 is 1.71. The summed E-state index contributed by atoms with van der Waals surface area (Å²) in [5.74, 6) is 0. The predicted octanol–water partition coefficient (Wildman–Crippen LogP) is 1.83. The Kier molecular flexibility index (Phi) is 2.23. The number of nitrogens with one attached hydrogen (secondary N) is 1. The molecule has 0 aromatic carbocycles. The summed E-state index contributed by atoms with van der Waals surface area (Å²) < 4.78 is 0. The molecule has 12 heavy (non-hydrogen) atoms. The first kappa shape index (κ1) is 7.95. The van der Waals surface area contributed by atoms with Gasteiger partial charge in [-0.05, 0) is 26.0 Å².